The summed E-state index contributed by atoms with van der Waals surface area (Å²) in [6.07, 6.45) is 0. The zero-order chi connectivity index (χ0) is 14.9. The fourth-order valence-corrected chi connectivity index (χ4v) is 2.18. The van der Waals surface area contributed by atoms with Crippen LogP contribution in [0.1, 0.15) is 21.6 Å². The van der Waals surface area contributed by atoms with Crippen LogP contribution in [0, 0.1) is 6.92 Å². The van der Waals surface area contributed by atoms with E-state index < -0.39 is 5.97 Å². The maximum Gasteiger partial charge on any atom is 0.340 e. The van der Waals surface area contributed by atoms with Crippen molar-refractivity contribution < 1.29 is 9.53 Å². The standard InChI is InChI=1S/C13H13Cl2N3O2/c1-7-10(12(15)18(2)17-7)6-20-13(19)9-5-8(16)3-4-11(9)14/h3-5H,6,16H2,1-2H3. The Morgan fingerprint density at radius 2 is 2.15 bits per heavy atom. The van der Waals surface area contributed by atoms with Crippen molar-refractivity contribution in [3.63, 3.8) is 0 Å². The SMILES string of the molecule is Cc1nn(C)c(Cl)c1COC(=O)c1cc(N)ccc1Cl. The third-order valence-corrected chi connectivity index (χ3v) is 3.63. The second-order valence-corrected chi connectivity index (χ2v) is 5.06. The van der Waals surface area contributed by atoms with E-state index >= 15 is 0 Å². The summed E-state index contributed by atoms with van der Waals surface area (Å²) in [4.78, 5) is 12.0. The second kappa shape index (κ2) is 5.73. The molecule has 2 N–H and O–H groups in total. The Morgan fingerprint density at radius 3 is 2.75 bits per heavy atom. The first-order chi connectivity index (χ1) is 9.40. The van der Waals surface area contributed by atoms with Crippen LogP contribution >= 0.6 is 23.2 Å². The molecule has 106 valence electrons. The van der Waals surface area contributed by atoms with E-state index in [1.807, 2.05) is 0 Å². The fraction of sp³-hybridized carbons (Fsp3) is 0.231. The van der Waals surface area contributed by atoms with Gasteiger partial charge in [0.1, 0.15) is 11.8 Å². The number of carbonyl (C=O) groups is 1. The largest absolute Gasteiger partial charge is 0.457 e. The lowest BCUT2D eigenvalue weighted by Crippen LogP contribution is -2.07. The number of nitrogens with two attached hydrogens (primary N) is 1. The summed E-state index contributed by atoms with van der Waals surface area (Å²) < 4.78 is 6.73. The average molecular weight is 314 g/mol. The number of halogens is 2. The summed E-state index contributed by atoms with van der Waals surface area (Å²) in [6.45, 7) is 1.82. The van der Waals surface area contributed by atoms with Crippen molar-refractivity contribution in [3.8, 4) is 0 Å². The smallest absolute Gasteiger partial charge is 0.340 e. The zero-order valence-corrected chi connectivity index (χ0v) is 12.5. The Bertz CT molecular complexity index is 668. The molecule has 0 saturated carbocycles. The van der Waals surface area contributed by atoms with Gasteiger partial charge in [-0.05, 0) is 25.1 Å². The number of anilines is 1. The first kappa shape index (κ1) is 14.7. The Labute approximate surface area is 126 Å². The van der Waals surface area contributed by atoms with Crippen LogP contribution in [0.2, 0.25) is 10.2 Å². The molecule has 0 amide bonds. The Morgan fingerprint density at radius 1 is 1.45 bits per heavy atom. The van der Waals surface area contributed by atoms with Crippen LogP contribution in [-0.4, -0.2) is 15.7 Å². The molecule has 0 fully saturated rings. The Kier molecular flexibility index (Phi) is 4.20. The van der Waals surface area contributed by atoms with Gasteiger partial charge in [0.2, 0.25) is 0 Å². The first-order valence-electron chi connectivity index (χ1n) is 5.80. The van der Waals surface area contributed by atoms with Crippen LogP contribution in [0.5, 0.6) is 0 Å². The van der Waals surface area contributed by atoms with Gasteiger partial charge in [0.05, 0.1) is 16.3 Å². The van der Waals surface area contributed by atoms with E-state index in [0.717, 1.165) is 0 Å². The molecule has 7 heteroatoms. The number of hydrogen-bond donors (Lipinski definition) is 1. The normalized spacial score (nSPS) is 10.6. The molecule has 0 spiro atoms. The summed E-state index contributed by atoms with van der Waals surface area (Å²) in [5, 5.41) is 4.87. The van der Waals surface area contributed by atoms with Gasteiger partial charge in [-0.1, -0.05) is 23.2 Å². The first-order valence-corrected chi connectivity index (χ1v) is 6.56. The molecular formula is C13H13Cl2N3O2. The summed E-state index contributed by atoms with van der Waals surface area (Å²) in [5.41, 5.74) is 7.67. The number of aromatic nitrogens is 2. The van der Waals surface area contributed by atoms with Crippen LogP contribution in [0.15, 0.2) is 18.2 Å². The van der Waals surface area contributed by atoms with Crippen molar-refractivity contribution in [2.75, 3.05) is 5.73 Å². The van der Waals surface area contributed by atoms with E-state index in [1.165, 1.54) is 10.7 Å². The van der Waals surface area contributed by atoms with Crippen molar-refractivity contribution in [2.45, 2.75) is 13.5 Å². The molecular weight excluding hydrogens is 301 g/mol. The number of hydrogen-bond acceptors (Lipinski definition) is 4. The Hall–Kier alpha value is -1.72. The molecule has 5 nitrogen and oxygen atoms in total. The van der Waals surface area contributed by atoms with Gasteiger partial charge >= 0.3 is 5.97 Å². The molecule has 2 rings (SSSR count). The number of aryl methyl sites for hydroxylation is 2. The van der Waals surface area contributed by atoms with Crippen molar-refractivity contribution in [2.24, 2.45) is 7.05 Å². The van der Waals surface area contributed by atoms with Crippen molar-refractivity contribution >= 4 is 34.9 Å². The number of rotatable bonds is 3. The minimum atomic E-state index is -0.554. The van der Waals surface area contributed by atoms with Crippen molar-refractivity contribution in [3.05, 3.63) is 45.2 Å². The van der Waals surface area contributed by atoms with Crippen LogP contribution in [0.25, 0.3) is 0 Å². The number of carbonyl (C=O) groups excluding carboxylic acids is 1. The number of benzene rings is 1. The molecule has 0 bridgehead atoms. The highest BCUT2D eigenvalue weighted by atomic mass is 35.5. The van der Waals surface area contributed by atoms with Gasteiger partial charge in [0, 0.05) is 18.3 Å². The number of nitrogen functional groups attached to an aromatic ring is 1. The van der Waals surface area contributed by atoms with E-state index in [2.05, 4.69) is 5.10 Å². The fourth-order valence-electron chi connectivity index (χ4n) is 1.75. The summed E-state index contributed by atoms with van der Waals surface area (Å²) in [5.74, 6) is -0.554. The summed E-state index contributed by atoms with van der Waals surface area (Å²) in [6, 6.07) is 4.64. The topological polar surface area (TPSA) is 70.1 Å². The van der Waals surface area contributed by atoms with Crippen molar-refractivity contribution in [1.29, 1.82) is 0 Å². The lowest BCUT2D eigenvalue weighted by Gasteiger charge is -2.07. The van der Waals surface area contributed by atoms with Crippen LogP contribution < -0.4 is 5.73 Å². The molecule has 1 aromatic heterocycles. The summed E-state index contributed by atoms with van der Waals surface area (Å²) >= 11 is 12.0. The molecule has 20 heavy (non-hydrogen) atoms. The zero-order valence-electron chi connectivity index (χ0n) is 11.0. The maximum atomic E-state index is 12.0. The number of ether oxygens (including phenoxy) is 1. The highest BCUT2D eigenvalue weighted by molar-refractivity contribution is 6.33. The van der Waals surface area contributed by atoms with Gasteiger partial charge in [-0.15, -0.1) is 0 Å². The van der Waals surface area contributed by atoms with Gasteiger partial charge in [-0.2, -0.15) is 5.10 Å². The Balaban J connectivity index is 2.15. The quantitative estimate of drug-likeness (QED) is 0.698. The molecule has 0 radical (unpaired) electrons. The molecule has 0 atom stereocenters. The molecule has 0 aliphatic rings. The maximum absolute atomic E-state index is 12.0. The van der Waals surface area contributed by atoms with Gasteiger partial charge in [0.25, 0.3) is 0 Å². The van der Waals surface area contributed by atoms with Crippen molar-refractivity contribution in [1.82, 2.24) is 9.78 Å². The van der Waals surface area contributed by atoms with Gasteiger partial charge in [-0.3, -0.25) is 4.68 Å². The molecule has 2 aromatic rings. The third-order valence-electron chi connectivity index (χ3n) is 2.83. The van der Waals surface area contributed by atoms with Crippen LogP contribution in [0.3, 0.4) is 0 Å². The molecule has 1 aromatic carbocycles. The second-order valence-electron chi connectivity index (χ2n) is 4.29. The highest BCUT2D eigenvalue weighted by Crippen LogP contribution is 2.23. The minimum absolute atomic E-state index is 0.0302. The van der Waals surface area contributed by atoms with E-state index in [-0.39, 0.29) is 12.2 Å². The molecule has 0 saturated heterocycles. The summed E-state index contributed by atoms with van der Waals surface area (Å²) in [7, 11) is 1.72. The van der Waals surface area contributed by atoms with Gasteiger partial charge < -0.3 is 10.5 Å². The van der Waals surface area contributed by atoms with Crippen LogP contribution in [-0.2, 0) is 18.4 Å². The highest BCUT2D eigenvalue weighted by Gasteiger charge is 2.16. The average Bonchev–Trinajstić information content (AvgIpc) is 2.64. The number of esters is 1. The van der Waals surface area contributed by atoms with E-state index in [9.17, 15) is 4.79 Å². The number of nitrogens with zero attached hydrogens (tertiary/aromatic N) is 2. The van der Waals surface area contributed by atoms with E-state index in [1.54, 1.807) is 26.1 Å². The molecule has 0 unspecified atom stereocenters. The monoisotopic (exact) mass is 313 g/mol. The van der Waals surface area contributed by atoms with Gasteiger partial charge in [-0.25, -0.2) is 4.79 Å². The van der Waals surface area contributed by atoms with Gasteiger partial charge in [0.15, 0.2) is 0 Å². The lowest BCUT2D eigenvalue weighted by atomic mass is 10.2. The van der Waals surface area contributed by atoms with E-state index in [4.69, 9.17) is 33.7 Å². The predicted molar refractivity (Wildman–Crippen MR) is 77.9 cm³/mol. The molecule has 0 aliphatic heterocycles. The van der Waals surface area contributed by atoms with E-state index in [0.29, 0.717) is 27.1 Å². The third kappa shape index (κ3) is 2.89. The predicted octanol–water partition coefficient (Wildman–Crippen LogP) is 2.97. The molecule has 0 aliphatic carbocycles. The lowest BCUT2D eigenvalue weighted by molar-refractivity contribution is 0.0472. The minimum Gasteiger partial charge on any atom is -0.457 e. The molecule has 1 heterocycles. The van der Waals surface area contributed by atoms with Crippen LogP contribution in [0.4, 0.5) is 5.69 Å².